The van der Waals surface area contributed by atoms with E-state index in [1.807, 2.05) is 0 Å². The predicted molar refractivity (Wildman–Crippen MR) is 61.2 cm³/mol. The molecule has 5 heteroatoms. The van der Waals surface area contributed by atoms with Gasteiger partial charge in [-0.3, -0.25) is 0 Å². The van der Waals surface area contributed by atoms with Crippen molar-refractivity contribution in [2.24, 2.45) is 5.73 Å². The molecule has 0 spiro atoms. The first-order valence-electron chi connectivity index (χ1n) is 3.14. The van der Waals surface area contributed by atoms with Gasteiger partial charge in [-0.2, -0.15) is 0 Å². The lowest BCUT2D eigenvalue weighted by Gasteiger charge is -2.05. The Balaban J connectivity index is 2.93. The quantitative estimate of drug-likeness (QED) is 0.419. The number of rotatable bonds is 1. The van der Waals surface area contributed by atoms with Crippen LogP contribution in [0.4, 0.5) is 5.69 Å². The monoisotopic (exact) mass is 294 g/mol. The van der Waals surface area contributed by atoms with Crippen LogP contribution in [-0.2, 0) is 0 Å². The van der Waals surface area contributed by atoms with Crippen molar-refractivity contribution in [2.75, 3.05) is 5.32 Å². The molecule has 0 aliphatic carbocycles. The van der Waals surface area contributed by atoms with E-state index in [9.17, 15) is 0 Å². The van der Waals surface area contributed by atoms with Crippen LogP contribution < -0.4 is 11.1 Å². The van der Waals surface area contributed by atoms with Crippen LogP contribution in [0, 0.1) is 3.57 Å². The Labute approximate surface area is 89.1 Å². The topological polar surface area (TPSA) is 58.3 Å². The van der Waals surface area contributed by atoms with Crippen molar-refractivity contribution in [3.8, 4) is 5.75 Å². The minimum absolute atomic E-state index is 0.221. The molecule has 1 rings (SSSR count). The summed E-state index contributed by atoms with van der Waals surface area (Å²) in [7, 11) is 0. The molecule has 0 saturated heterocycles. The summed E-state index contributed by atoms with van der Waals surface area (Å²) in [6.45, 7) is 0. The number of nitrogens with one attached hydrogen (secondary N) is 1. The number of phenolic OH excluding ortho intramolecular Hbond substituents is 1. The Morgan fingerprint density at radius 3 is 2.75 bits per heavy atom. The maximum atomic E-state index is 9.07. The van der Waals surface area contributed by atoms with Gasteiger partial charge in [-0.25, -0.2) is 0 Å². The van der Waals surface area contributed by atoms with Gasteiger partial charge in [-0.05, 0) is 53.0 Å². The van der Waals surface area contributed by atoms with Crippen molar-refractivity contribution >= 4 is 45.6 Å². The minimum Gasteiger partial charge on any atom is -0.508 e. The van der Waals surface area contributed by atoms with E-state index in [1.54, 1.807) is 18.2 Å². The number of aromatic hydroxyl groups is 1. The molecule has 12 heavy (non-hydrogen) atoms. The number of halogens is 1. The van der Waals surface area contributed by atoms with Gasteiger partial charge in [0.25, 0.3) is 0 Å². The second-order valence-electron chi connectivity index (χ2n) is 2.15. The van der Waals surface area contributed by atoms with Gasteiger partial charge in [0.05, 0.1) is 5.69 Å². The largest absolute Gasteiger partial charge is 0.508 e. The fraction of sp³-hybridized carbons (Fsp3) is 0. The van der Waals surface area contributed by atoms with Crippen molar-refractivity contribution in [3.63, 3.8) is 0 Å². The van der Waals surface area contributed by atoms with Crippen LogP contribution in [0.1, 0.15) is 0 Å². The summed E-state index contributed by atoms with van der Waals surface area (Å²) in [5, 5.41) is 12.1. The number of benzene rings is 1. The lowest BCUT2D eigenvalue weighted by atomic mass is 10.3. The summed E-state index contributed by atoms with van der Waals surface area (Å²) in [5.74, 6) is 0.230. The van der Waals surface area contributed by atoms with Crippen LogP contribution in [0.15, 0.2) is 18.2 Å². The Bertz CT molecular complexity index is 316. The third-order valence-corrected chi connectivity index (χ3v) is 2.21. The van der Waals surface area contributed by atoms with Gasteiger partial charge in [0, 0.05) is 3.57 Å². The van der Waals surface area contributed by atoms with Crippen molar-refractivity contribution in [1.29, 1.82) is 0 Å². The van der Waals surface area contributed by atoms with E-state index in [2.05, 4.69) is 40.1 Å². The molecule has 0 amide bonds. The van der Waals surface area contributed by atoms with E-state index >= 15 is 0 Å². The first-order valence-corrected chi connectivity index (χ1v) is 4.63. The second-order valence-corrected chi connectivity index (χ2v) is 3.76. The lowest BCUT2D eigenvalue weighted by Crippen LogP contribution is -2.19. The molecule has 0 aromatic heterocycles. The molecular formula is C7H7IN2OS. The van der Waals surface area contributed by atoms with E-state index in [4.69, 9.17) is 10.8 Å². The first kappa shape index (κ1) is 9.53. The zero-order chi connectivity index (χ0) is 9.14. The standard InChI is InChI=1S/C7H7IN2OS/c8-5-3-4(11)1-2-6(5)10-7(9)12/h1-3,11H,(H3,9,10,12). The fourth-order valence-corrected chi connectivity index (χ4v) is 1.48. The van der Waals surface area contributed by atoms with Crippen LogP contribution in [-0.4, -0.2) is 10.2 Å². The van der Waals surface area contributed by atoms with Crippen molar-refractivity contribution in [2.45, 2.75) is 0 Å². The summed E-state index contributed by atoms with van der Waals surface area (Å²) in [6.07, 6.45) is 0. The molecule has 3 nitrogen and oxygen atoms in total. The maximum Gasteiger partial charge on any atom is 0.168 e. The van der Waals surface area contributed by atoms with Crippen LogP contribution in [0.2, 0.25) is 0 Å². The Morgan fingerprint density at radius 1 is 1.58 bits per heavy atom. The van der Waals surface area contributed by atoms with Crippen molar-refractivity contribution < 1.29 is 5.11 Å². The van der Waals surface area contributed by atoms with Gasteiger partial charge >= 0.3 is 0 Å². The Morgan fingerprint density at radius 2 is 2.25 bits per heavy atom. The zero-order valence-corrected chi connectivity index (χ0v) is 9.02. The molecule has 0 heterocycles. The molecule has 0 unspecified atom stereocenters. The summed E-state index contributed by atoms with van der Waals surface area (Å²) in [6, 6.07) is 4.92. The highest BCUT2D eigenvalue weighted by atomic mass is 127. The summed E-state index contributed by atoms with van der Waals surface area (Å²) in [4.78, 5) is 0. The van der Waals surface area contributed by atoms with E-state index < -0.39 is 0 Å². The van der Waals surface area contributed by atoms with Crippen LogP contribution >= 0.6 is 34.8 Å². The molecule has 4 N–H and O–H groups in total. The highest BCUT2D eigenvalue weighted by molar-refractivity contribution is 14.1. The number of phenols is 1. The zero-order valence-electron chi connectivity index (χ0n) is 6.04. The highest BCUT2D eigenvalue weighted by Crippen LogP contribution is 2.22. The van der Waals surface area contributed by atoms with Crippen molar-refractivity contribution in [3.05, 3.63) is 21.8 Å². The van der Waals surface area contributed by atoms with E-state index in [-0.39, 0.29) is 10.9 Å². The minimum atomic E-state index is 0.221. The molecule has 0 aliphatic rings. The summed E-state index contributed by atoms with van der Waals surface area (Å²) >= 11 is 6.75. The molecule has 0 atom stereocenters. The highest BCUT2D eigenvalue weighted by Gasteiger charge is 2.00. The molecule has 0 saturated carbocycles. The van der Waals surface area contributed by atoms with Gasteiger partial charge in [0.15, 0.2) is 5.11 Å². The maximum absolute atomic E-state index is 9.07. The average molecular weight is 294 g/mol. The molecule has 0 radical (unpaired) electrons. The van der Waals surface area contributed by atoms with Gasteiger partial charge < -0.3 is 16.2 Å². The predicted octanol–water partition coefficient (Wildman–Crippen LogP) is 1.65. The lowest BCUT2D eigenvalue weighted by molar-refractivity contribution is 0.475. The Kier molecular flexibility index (Phi) is 3.10. The van der Waals surface area contributed by atoms with Gasteiger partial charge in [0.2, 0.25) is 0 Å². The van der Waals surface area contributed by atoms with E-state index in [0.717, 1.165) is 9.26 Å². The molecule has 0 bridgehead atoms. The van der Waals surface area contributed by atoms with Crippen LogP contribution in [0.3, 0.4) is 0 Å². The number of thiocarbonyl (C=S) groups is 1. The molecular weight excluding hydrogens is 287 g/mol. The second kappa shape index (κ2) is 3.90. The molecule has 0 fully saturated rings. The van der Waals surface area contributed by atoms with E-state index in [1.165, 1.54) is 0 Å². The molecule has 1 aromatic carbocycles. The molecule has 0 aliphatic heterocycles. The third-order valence-electron chi connectivity index (χ3n) is 1.21. The van der Waals surface area contributed by atoms with Crippen LogP contribution in [0.25, 0.3) is 0 Å². The number of hydrogen-bond acceptors (Lipinski definition) is 2. The normalized spacial score (nSPS) is 9.42. The average Bonchev–Trinajstić information content (AvgIpc) is 1.94. The number of hydrogen-bond donors (Lipinski definition) is 3. The van der Waals surface area contributed by atoms with Crippen molar-refractivity contribution in [1.82, 2.24) is 0 Å². The van der Waals surface area contributed by atoms with Crippen LogP contribution in [0.5, 0.6) is 5.75 Å². The summed E-state index contributed by atoms with van der Waals surface area (Å²) in [5.41, 5.74) is 6.09. The van der Waals surface area contributed by atoms with Gasteiger partial charge in [0.1, 0.15) is 5.75 Å². The Hall–Kier alpha value is -0.560. The molecule has 1 aromatic rings. The van der Waals surface area contributed by atoms with Gasteiger partial charge in [-0.15, -0.1) is 0 Å². The fourth-order valence-electron chi connectivity index (χ4n) is 0.738. The number of nitrogens with two attached hydrogens (primary N) is 1. The smallest absolute Gasteiger partial charge is 0.168 e. The number of anilines is 1. The van der Waals surface area contributed by atoms with Gasteiger partial charge in [-0.1, -0.05) is 0 Å². The molecule has 64 valence electrons. The summed E-state index contributed by atoms with van der Waals surface area (Å²) < 4.78 is 0.875. The van der Waals surface area contributed by atoms with E-state index in [0.29, 0.717) is 0 Å². The first-order chi connectivity index (χ1) is 5.59. The SMILES string of the molecule is NC(=S)Nc1ccc(O)cc1I. The third kappa shape index (κ3) is 2.49.